The van der Waals surface area contributed by atoms with Crippen molar-refractivity contribution in [3.05, 3.63) is 11.3 Å². The molecule has 0 aliphatic heterocycles. The smallest absolute Gasteiger partial charge is 0.102 e. The van der Waals surface area contributed by atoms with Crippen molar-refractivity contribution >= 4 is 0 Å². The van der Waals surface area contributed by atoms with Crippen molar-refractivity contribution in [3.63, 3.8) is 0 Å². The maximum absolute atomic E-state index is 5.33. The highest BCUT2D eigenvalue weighted by Gasteiger charge is 2.25. The lowest BCUT2D eigenvalue weighted by Gasteiger charge is -2.27. The summed E-state index contributed by atoms with van der Waals surface area (Å²) in [4.78, 5) is 0. The monoisotopic (exact) mass is 172 g/mol. The molecule has 0 N–H and O–H groups in total. The molecule has 12 heavy (non-hydrogen) atoms. The summed E-state index contributed by atoms with van der Waals surface area (Å²) in [5, 5.41) is 0. The van der Waals surface area contributed by atoms with Crippen LogP contribution >= 0.6 is 0 Å². The van der Waals surface area contributed by atoms with Crippen molar-refractivity contribution in [1.29, 1.82) is 0 Å². The first kappa shape index (κ1) is 11.5. The van der Waals surface area contributed by atoms with Gasteiger partial charge in [0.1, 0.15) is 5.76 Å². The standard InChI is InChI=1S/C10H20O2/c1-8(2)9(12-6)10(3,4)7-11-5/h7H2,1-6H3. The van der Waals surface area contributed by atoms with E-state index in [-0.39, 0.29) is 5.41 Å². The zero-order chi connectivity index (χ0) is 9.78. The maximum atomic E-state index is 5.33. The molecule has 0 rings (SSSR count). The zero-order valence-electron chi connectivity index (χ0n) is 9.02. The van der Waals surface area contributed by atoms with E-state index < -0.39 is 0 Å². The molecule has 0 heterocycles. The summed E-state index contributed by atoms with van der Waals surface area (Å²) >= 11 is 0. The molecule has 0 aromatic heterocycles. The van der Waals surface area contributed by atoms with Gasteiger partial charge in [-0.2, -0.15) is 0 Å². The van der Waals surface area contributed by atoms with Gasteiger partial charge >= 0.3 is 0 Å². The summed E-state index contributed by atoms with van der Waals surface area (Å²) < 4.78 is 10.5. The van der Waals surface area contributed by atoms with Crippen LogP contribution in [-0.2, 0) is 9.47 Å². The van der Waals surface area contributed by atoms with Gasteiger partial charge < -0.3 is 9.47 Å². The topological polar surface area (TPSA) is 18.5 Å². The van der Waals surface area contributed by atoms with Gasteiger partial charge in [-0.1, -0.05) is 13.8 Å². The Bertz CT molecular complexity index is 165. The van der Waals surface area contributed by atoms with Crippen LogP contribution in [0, 0.1) is 5.41 Å². The Morgan fingerprint density at radius 2 is 1.67 bits per heavy atom. The molecular formula is C10H20O2. The fourth-order valence-electron chi connectivity index (χ4n) is 1.58. The molecule has 2 heteroatoms. The highest BCUT2D eigenvalue weighted by molar-refractivity contribution is 5.11. The van der Waals surface area contributed by atoms with E-state index in [0.29, 0.717) is 6.61 Å². The minimum atomic E-state index is -0.0255. The molecule has 0 aromatic carbocycles. The van der Waals surface area contributed by atoms with E-state index in [9.17, 15) is 0 Å². The molecular weight excluding hydrogens is 152 g/mol. The van der Waals surface area contributed by atoms with Crippen molar-refractivity contribution in [2.24, 2.45) is 5.41 Å². The van der Waals surface area contributed by atoms with Crippen LogP contribution in [0.2, 0.25) is 0 Å². The Morgan fingerprint density at radius 3 is 1.92 bits per heavy atom. The van der Waals surface area contributed by atoms with Gasteiger partial charge in [0.05, 0.1) is 13.7 Å². The van der Waals surface area contributed by atoms with Gasteiger partial charge in [0, 0.05) is 12.5 Å². The number of allylic oxidation sites excluding steroid dienone is 1. The Kier molecular flexibility index (Phi) is 4.32. The molecule has 0 amide bonds. The third-order valence-corrected chi connectivity index (χ3v) is 1.78. The fourth-order valence-corrected chi connectivity index (χ4v) is 1.58. The van der Waals surface area contributed by atoms with Crippen LogP contribution in [0.15, 0.2) is 11.3 Å². The van der Waals surface area contributed by atoms with E-state index in [1.807, 2.05) is 0 Å². The first-order chi connectivity index (χ1) is 5.45. The molecule has 0 aliphatic rings. The maximum Gasteiger partial charge on any atom is 0.102 e. The van der Waals surface area contributed by atoms with E-state index in [2.05, 4.69) is 27.7 Å². The SMILES string of the molecule is COCC(C)(C)C(OC)=C(C)C. The van der Waals surface area contributed by atoms with Crippen LogP contribution in [-0.4, -0.2) is 20.8 Å². The Balaban J connectivity index is 4.61. The fraction of sp³-hybridized carbons (Fsp3) is 0.800. The Labute approximate surface area is 75.6 Å². The molecule has 0 saturated carbocycles. The van der Waals surface area contributed by atoms with Crippen LogP contribution in [0.4, 0.5) is 0 Å². The van der Waals surface area contributed by atoms with Crippen LogP contribution in [0.3, 0.4) is 0 Å². The average molecular weight is 172 g/mol. The largest absolute Gasteiger partial charge is 0.501 e. The molecule has 0 atom stereocenters. The van der Waals surface area contributed by atoms with E-state index >= 15 is 0 Å². The van der Waals surface area contributed by atoms with Gasteiger partial charge in [-0.15, -0.1) is 0 Å². The van der Waals surface area contributed by atoms with Crippen LogP contribution in [0.25, 0.3) is 0 Å². The zero-order valence-corrected chi connectivity index (χ0v) is 9.02. The number of rotatable bonds is 4. The summed E-state index contributed by atoms with van der Waals surface area (Å²) in [6.07, 6.45) is 0. The summed E-state index contributed by atoms with van der Waals surface area (Å²) in [7, 11) is 3.42. The number of methoxy groups -OCH3 is 2. The molecule has 72 valence electrons. The van der Waals surface area contributed by atoms with Crippen LogP contribution < -0.4 is 0 Å². The van der Waals surface area contributed by atoms with Gasteiger partial charge in [-0.25, -0.2) is 0 Å². The van der Waals surface area contributed by atoms with E-state index in [1.165, 1.54) is 5.57 Å². The van der Waals surface area contributed by atoms with Gasteiger partial charge in [0.25, 0.3) is 0 Å². The molecule has 2 nitrogen and oxygen atoms in total. The van der Waals surface area contributed by atoms with Crippen LogP contribution in [0.1, 0.15) is 27.7 Å². The average Bonchev–Trinajstić information content (AvgIpc) is 1.86. The summed E-state index contributed by atoms with van der Waals surface area (Å²) in [6, 6.07) is 0. The normalized spacial score (nSPS) is 11.2. The summed E-state index contributed by atoms with van der Waals surface area (Å²) in [5.74, 6) is 1.02. The lowest BCUT2D eigenvalue weighted by molar-refractivity contribution is 0.0816. The van der Waals surface area contributed by atoms with Crippen molar-refractivity contribution in [3.8, 4) is 0 Å². The molecule has 0 spiro atoms. The van der Waals surface area contributed by atoms with E-state index in [4.69, 9.17) is 9.47 Å². The Morgan fingerprint density at radius 1 is 1.17 bits per heavy atom. The second-order valence-corrected chi connectivity index (χ2v) is 3.85. The second kappa shape index (κ2) is 4.51. The van der Waals surface area contributed by atoms with E-state index in [1.54, 1.807) is 14.2 Å². The number of hydrogen-bond acceptors (Lipinski definition) is 2. The van der Waals surface area contributed by atoms with Crippen molar-refractivity contribution in [2.75, 3.05) is 20.8 Å². The van der Waals surface area contributed by atoms with Gasteiger partial charge in [0.2, 0.25) is 0 Å². The highest BCUT2D eigenvalue weighted by Crippen LogP contribution is 2.29. The predicted molar refractivity (Wildman–Crippen MR) is 51.0 cm³/mol. The van der Waals surface area contributed by atoms with Crippen LogP contribution in [0.5, 0.6) is 0 Å². The summed E-state index contributed by atoms with van der Waals surface area (Å²) in [6.45, 7) is 9.01. The summed E-state index contributed by atoms with van der Waals surface area (Å²) in [5.41, 5.74) is 1.18. The molecule has 0 aliphatic carbocycles. The van der Waals surface area contributed by atoms with Gasteiger partial charge in [0.15, 0.2) is 0 Å². The molecule has 0 aromatic rings. The third-order valence-electron chi connectivity index (χ3n) is 1.78. The molecule has 0 radical (unpaired) electrons. The highest BCUT2D eigenvalue weighted by atomic mass is 16.5. The lowest BCUT2D eigenvalue weighted by Crippen LogP contribution is -2.23. The predicted octanol–water partition coefficient (Wildman–Crippen LogP) is 2.60. The van der Waals surface area contributed by atoms with Crippen molar-refractivity contribution in [1.82, 2.24) is 0 Å². The molecule has 0 saturated heterocycles. The molecule has 0 bridgehead atoms. The minimum absolute atomic E-state index is 0.0255. The number of ether oxygens (including phenoxy) is 2. The lowest BCUT2D eigenvalue weighted by atomic mass is 9.89. The molecule has 0 fully saturated rings. The quantitative estimate of drug-likeness (QED) is 0.607. The Hall–Kier alpha value is -0.500. The first-order valence-corrected chi connectivity index (χ1v) is 4.16. The first-order valence-electron chi connectivity index (χ1n) is 4.16. The number of hydrogen-bond donors (Lipinski definition) is 0. The van der Waals surface area contributed by atoms with Gasteiger partial charge in [-0.05, 0) is 19.4 Å². The molecule has 0 unspecified atom stereocenters. The van der Waals surface area contributed by atoms with E-state index in [0.717, 1.165) is 5.76 Å². The third kappa shape index (κ3) is 2.86. The van der Waals surface area contributed by atoms with Crippen molar-refractivity contribution in [2.45, 2.75) is 27.7 Å². The minimum Gasteiger partial charge on any atom is -0.501 e. The van der Waals surface area contributed by atoms with Crippen molar-refractivity contribution < 1.29 is 9.47 Å². The van der Waals surface area contributed by atoms with Gasteiger partial charge in [-0.3, -0.25) is 0 Å². The second-order valence-electron chi connectivity index (χ2n) is 3.85.